The van der Waals surface area contributed by atoms with E-state index in [4.69, 9.17) is 9.84 Å². The van der Waals surface area contributed by atoms with Gasteiger partial charge in [0.25, 0.3) is 0 Å². The zero-order valence-corrected chi connectivity index (χ0v) is 10.2. The molecule has 0 unspecified atom stereocenters. The van der Waals surface area contributed by atoms with E-state index < -0.39 is 24.5 Å². The monoisotopic (exact) mass is 268 g/mol. The van der Waals surface area contributed by atoms with Gasteiger partial charge in [-0.2, -0.15) is 0 Å². The van der Waals surface area contributed by atoms with Crippen molar-refractivity contribution in [3.05, 3.63) is 12.0 Å². The molecule has 1 fully saturated rings. The van der Waals surface area contributed by atoms with Crippen molar-refractivity contribution in [3.8, 4) is 0 Å². The van der Waals surface area contributed by atoms with Crippen LogP contribution in [0.2, 0.25) is 0 Å². The number of fused-ring (bicyclic) bond motifs is 1. The number of aliphatic imine (C=N–C) groups is 1. The molecule has 0 radical (unpaired) electrons. The molecule has 4 atom stereocenters. The smallest absolute Gasteiger partial charge is 0.139 e. The first-order chi connectivity index (χ1) is 9.20. The number of hydrogen-bond acceptors (Lipinski definition) is 7. The fraction of sp³-hybridized carbons (Fsp3) is 0.636. The number of nitrogens with one attached hydrogen (secondary N) is 1. The minimum absolute atomic E-state index is 0.230. The average molecular weight is 268 g/mol. The Kier molecular flexibility index (Phi) is 3.23. The molecule has 3 heterocycles. The molecule has 1 aromatic rings. The number of anilines is 1. The summed E-state index contributed by atoms with van der Waals surface area (Å²) >= 11 is 0. The fourth-order valence-electron chi connectivity index (χ4n) is 2.38. The summed E-state index contributed by atoms with van der Waals surface area (Å²) in [6.45, 7) is 0.0243. The van der Waals surface area contributed by atoms with Crippen molar-refractivity contribution in [2.24, 2.45) is 4.99 Å². The SMILES string of the molecule is OC[C@@H]1O[C@@H](n2cnc3c2NC=NC[C@H]3O)C[C@H]1O. The topological polar surface area (TPSA) is 112 Å². The molecular weight excluding hydrogens is 252 g/mol. The van der Waals surface area contributed by atoms with Gasteiger partial charge in [0.1, 0.15) is 29.9 Å². The molecule has 0 spiro atoms. The molecule has 1 saturated heterocycles. The van der Waals surface area contributed by atoms with Crippen LogP contribution in [0.3, 0.4) is 0 Å². The molecule has 104 valence electrons. The maximum Gasteiger partial charge on any atom is 0.139 e. The largest absolute Gasteiger partial charge is 0.394 e. The van der Waals surface area contributed by atoms with Gasteiger partial charge in [-0.25, -0.2) is 4.98 Å². The predicted octanol–water partition coefficient (Wildman–Crippen LogP) is -0.989. The van der Waals surface area contributed by atoms with Gasteiger partial charge in [-0.3, -0.25) is 9.56 Å². The highest BCUT2D eigenvalue weighted by Crippen LogP contribution is 2.34. The van der Waals surface area contributed by atoms with Crippen molar-refractivity contribution in [2.75, 3.05) is 18.5 Å². The molecule has 0 bridgehead atoms. The van der Waals surface area contributed by atoms with E-state index in [1.807, 2.05) is 0 Å². The quantitative estimate of drug-likeness (QED) is 0.548. The molecule has 3 rings (SSSR count). The summed E-state index contributed by atoms with van der Waals surface area (Å²) in [5.74, 6) is 0.601. The second-order valence-corrected chi connectivity index (χ2v) is 4.65. The molecule has 0 aromatic carbocycles. The molecule has 4 N–H and O–H groups in total. The summed E-state index contributed by atoms with van der Waals surface area (Å²) in [5, 5.41) is 31.7. The van der Waals surface area contributed by atoms with Gasteiger partial charge in [-0.1, -0.05) is 0 Å². The summed E-state index contributed by atoms with van der Waals surface area (Å²) in [5.41, 5.74) is 0.503. The Hall–Kier alpha value is -1.48. The molecule has 0 saturated carbocycles. The van der Waals surface area contributed by atoms with Crippen molar-refractivity contribution >= 4 is 12.2 Å². The van der Waals surface area contributed by atoms with Crippen molar-refractivity contribution in [2.45, 2.75) is 31.0 Å². The predicted molar refractivity (Wildman–Crippen MR) is 65.8 cm³/mol. The molecule has 0 aliphatic carbocycles. The number of aliphatic hydroxyl groups excluding tert-OH is 3. The van der Waals surface area contributed by atoms with E-state index >= 15 is 0 Å². The van der Waals surface area contributed by atoms with Crippen LogP contribution in [0.5, 0.6) is 0 Å². The molecule has 1 aromatic heterocycles. The molecule has 0 amide bonds. The van der Waals surface area contributed by atoms with Crippen LogP contribution in [-0.4, -0.2) is 56.6 Å². The van der Waals surface area contributed by atoms with Crippen LogP contribution in [-0.2, 0) is 4.74 Å². The van der Waals surface area contributed by atoms with Crippen LogP contribution in [0.4, 0.5) is 5.82 Å². The first-order valence-corrected chi connectivity index (χ1v) is 6.14. The van der Waals surface area contributed by atoms with Crippen LogP contribution < -0.4 is 5.32 Å². The average Bonchev–Trinajstić information content (AvgIpc) is 2.93. The van der Waals surface area contributed by atoms with E-state index in [0.29, 0.717) is 17.9 Å². The Morgan fingerprint density at radius 2 is 2.32 bits per heavy atom. The maximum atomic E-state index is 9.89. The normalized spacial score (nSPS) is 33.8. The zero-order chi connectivity index (χ0) is 13.4. The number of imidazole rings is 1. The van der Waals surface area contributed by atoms with Gasteiger partial charge >= 0.3 is 0 Å². The minimum atomic E-state index is -0.762. The number of rotatable bonds is 2. The number of hydrogen-bond donors (Lipinski definition) is 4. The third-order valence-corrected chi connectivity index (χ3v) is 3.40. The van der Waals surface area contributed by atoms with Gasteiger partial charge in [-0.05, 0) is 0 Å². The summed E-state index contributed by atoms with van der Waals surface area (Å²) in [6, 6.07) is 0. The van der Waals surface area contributed by atoms with E-state index in [1.54, 1.807) is 10.9 Å². The van der Waals surface area contributed by atoms with Crippen LogP contribution >= 0.6 is 0 Å². The van der Waals surface area contributed by atoms with Gasteiger partial charge in [0.15, 0.2) is 0 Å². The van der Waals surface area contributed by atoms with E-state index in [1.165, 1.54) is 6.34 Å². The van der Waals surface area contributed by atoms with Crippen molar-refractivity contribution in [1.82, 2.24) is 9.55 Å². The molecule has 8 nitrogen and oxygen atoms in total. The van der Waals surface area contributed by atoms with E-state index in [-0.39, 0.29) is 13.2 Å². The lowest BCUT2D eigenvalue weighted by atomic mass is 10.2. The lowest BCUT2D eigenvalue weighted by molar-refractivity contribution is -0.0437. The first kappa shape index (κ1) is 12.5. The highest BCUT2D eigenvalue weighted by atomic mass is 16.5. The fourth-order valence-corrected chi connectivity index (χ4v) is 2.38. The van der Waals surface area contributed by atoms with Crippen LogP contribution in [0.25, 0.3) is 0 Å². The Morgan fingerprint density at radius 1 is 1.47 bits per heavy atom. The number of nitrogens with zero attached hydrogens (tertiary/aromatic N) is 3. The van der Waals surface area contributed by atoms with Crippen molar-refractivity contribution in [1.29, 1.82) is 0 Å². The number of ether oxygens (including phenoxy) is 1. The Labute approximate surface area is 109 Å². The molecule has 8 heteroatoms. The van der Waals surface area contributed by atoms with Gasteiger partial charge in [0.05, 0.1) is 31.9 Å². The van der Waals surface area contributed by atoms with Crippen LogP contribution in [0.15, 0.2) is 11.3 Å². The highest BCUT2D eigenvalue weighted by Gasteiger charge is 2.36. The van der Waals surface area contributed by atoms with Gasteiger partial charge in [0.2, 0.25) is 0 Å². The summed E-state index contributed by atoms with van der Waals surface area (Å²) in [7, 11) is 0. The highest BCUT2D eigenvalue weighted by molar-refractivity contribution is 5.76. The van der Waals surface area contributed by atoms with E-state index in [0.717, 1.165) is 0 Å². The summed E-state index contributed by atoms with van der Waals surface area (Å²) in [6.07, 6.45) is 0.935. The lowest BCUT2D eigenvalue weighted by Gasteiger charge is -2.16. The van der Waals surface area contributed by atoms with Crippen LogP contribution in [0, 0.1) is 0 Å². The van der Waals surface area contributed by atoms with Crippen molar-refractivity contribution in [3.63, 3.8) is 0 Å². The first-order valence-electron chi connectivity index (χ1n) is 6.14. The summed E-state index contributed by atoms with van der Waals surface area (Å²) < 4.78 is 7.27. The maximum absolute atomic E-state index is 9.89. The third kappa shape index (κ3) is 2.12. The molecule has 2 aliphatic heterocycles. The van der Waals surface area contributed by atoms with Crippen LogP contribution in [0.1, 0.15) is 24.4 Å². The Bertz CT molecular complexity index is 489. The lowest BCUT2D eigenvalue weighted by Crippen LogP contribution is -2.24. The van der Waals surface area contributed by atoms with Crippen molar-refractivity contribution < 1.29 is 20.1 Å². The second-order valence-electron chi connectivity index (χ2n) is 4.65. The Balaban J connectivity index is 1.89. The number of aromatic nitrogens is 2. The van der Waals surface area contributed by atoms with E-state index in [2.05, 4.69) is 15.3 Å². The van der Waals surface area contributed by atoms with E-state index in [9.17, 15) is 10.2 Å². The number of aliphatic hydroxyl groups is 3. The standard InChI is InChI=1S/C11H16N4O4/c16-3-8-6(17)1-9(19-8)15-5-14-10-7(18)2-12-4-13-11(10)15/h4-9,16-18H,1-3H2,(H,12,13)/t6-,7-,8+,9-/m1/s1. The minimum Gasteiger partial charge on any atom is -0.394 e. The molecular formula is C11H16N4O4. The molecule has 2 aliphatic rings. The van der Waals surface area contributed by atoms with Gasteiger partial charge in [0, 0.05) is 6.42 Å². The third-order valence-electron chi connectivity index (χ3n) is 3.40. The van der Waals surface area contributed by atoms with Gasteiger partial charge in [-0.15, -0.1) is 0 Å². The summed E-state index contributed by atoms with van der Waals surface area (Å²) in [4.78, 5) is 8.15. The Morgan fingerprint density at radius 3 is 3.05 bits per heavy atom. The molecule has 19 heavy (non-hydrogen) atoms. The second kappa shape index (κ2) is 4.89. The zero-order valence-electron chi connectivity index (χ0n) is 10.2. The van der Waals surface area contributed by atoms with Gasteiger partial charge < -0.3 is 25.4 Å².